The van der Waals surface area contributed by atoms with Gasteiger partial charge in [-0.15, -0.1) is 0 Å². The first-order valence-corrected chi connectivity index (χ1v) is 7.96. The highest BCUT2D eigenvalue weighted by atomic mass is 79.9. The summed E-state index contributed by atoms with van der Waals surface area (Å²) in [6.45, 7) is 1.63. The van der Waals surface area contributed by atoms with Crippen LogP contribution >= 0.6 is 15.9 Å². The lowest BCUT2D eigenvalue weighted by molar-refractivity contribution is -0.137. The van der Waals surface area contributed by atoms with Gasteiger partial charge in [0.1, 0.15) is 17.3 Å². The quantitative estimate of drug-likeness (QED) is 0.828. The average Bonchev–Trinajstić information content (AvgIpc) is 2.76. The summed E-state index contributed by atoms with van der Waals surface area (Å²) in [7, 11) is 0. The fourth-order valence-corrected chi connectivity index (χ4v) is 2.95. The van der Waals surface area contributed by atoms with Gasteiger partial charge in [-0.05, 0) is 46.2 Å². The molecule has 0 bridgehead atoms. The number of alkyl halides is 3. The zero-order valence-corrected chi connectivity index (χ0v) is 13.2. The van der Waals surface area contributed by atoms with Crippen molar-refractivity contribution in [2.75, 3.05) is 11.5 Å². The zero-order chi connectivity index (χ0) is 15.8. The van der Waals surface area contributed by atoms with Gasteiger partial charge in [-0.25, -0.2) is 4.68 Å². The molecule has 1 atom stereocenters. The van der Waals surface area contributed by atoms with Crippen molar-refractivity contribution in [3.8, 4) is 5.69 Å². The lowest BCUT2D eigenvalue weighted by Gasteiger charge is -2.16. The number of hydrogen-bond acceptors (Lipinski definition) is 3. The van der Waals surface area contributed by atoms with Gasteiger partial charge in [0.05, 0.1) is 16.2 Å². The maximum Gasteiger partial charge on any atom is 0.416 e. The standard InChI is InChI=1S/C12H11BrF3N3OS/c1-2-21(20)10-5-7(12(14,15)16)3-4-9(10)19-11(17)8(13)6-18-19/h3-6H,2,17H2,1H3. The zero-order valence-electron chi connectivity index (χ0n) is 10.8. The minimum atomic E-state index is -4.50. The number of halogens is 4. The third kappa shape index (κ3) is 3.19. The van der Waals surface area contributed by atoms with Crippen LogP contribution in [0.4, 0.5) is 19.0 Å². The second kappa shape index (κ2) is 5.90. The van der Waals surface area contributed by atoms with Crippen molar-refractivity contribution in [2.24, 2.45) is 0 Å². The van der Waals surface area contributed by atoms with Gasteiger partial charge in [-0.2, -0.15) is 18.3 Å². The van der Waals surface area contributed by atoms with Crippen molar-refractivity contribution in [1.29, 1.82) is 0 Å². The van der Waals surface area contributed by atoms with Crippen LogP contribution in [-0.4, -0.2) is 20.1 Å². The van der Waals surface area contributed by atoms with Crippen molar-refractivity contribution in [3.05, 3.63) is 34.4 Å². The van der Waals surface area contributed by atoms with E-state index in [0.29, 0.717) is 4.47 Å². The molecule has 1 aromatic carbocycles. The molecule has 1 aromatic heterocycles. The van der Waals surface area contributed by atoms with Crippen LogP contribution < -0.4 is 5.73 Å². The third-order valence-electron chi connectivity index (χ3n) is 2.78. The molecule has 1 unspecified atom stereocenters. The van der Waals surface area contributed by atoms with Crippen LogP contribution in [0.25, 0.3) is 5.69 Å². The van der Waals surface area contributed by atoms with Crippen LogP contribution in [0.5, 0.6) is 0 Å². The van der Waals surface area contributed by atoms with Crippen molar-refractivity contribution >= 4 is 32.9 Å². The maximum atomic E-state index is 12.8. The smallest absolute Gasteiger partial charge is 0.416 e. The van der Waals surface area contributed by atoms with Gasteiger partial charge < -0.3 is 10.3 Å². The first kappa shape index (κ1) is 16.2. The Balaban J connectivity index is 2.63. The largest absolute Gasteiger partial charge is 0.611 e. The van der Waals surface area contributed by atoms with Crippen molar-refractivity contribution in [3.63, 3.8) is 0 Å². The van der Waals surface area contributed by atoms with Crippen LogP contribution in [0.3, 0.4) is 0 Å². The highest BCUT2D eigenvalue weighted by Gasteiger charge is 2.33. The summed E-state index contributed by atoms with van der Waals surface area (Å²) in [6.07, 6.45) is -3.08. The Morgan fingerprint density at radius 3 is 2.57 bits per heavy atom. The van der Waals surface area contributed by atoms with E-state index in [4.69, 9.17) is 5.73 Å². The van der Waals surface area contributed by atoms with Crippen LogP contribution in [0, 0.1) is 0 Å². The number of anilines is 1. The molecule has 2 aromatic rings. The molecule has 0 spiro atoms. The molecular weight excluding hydrogens is 371 g/mol. The summed E-state index contributed by atoms with van der Waals surface area (Å²) in [6, 6.07) is 3.02. The van der Waals surface area contributed by atoms with E-state index >= 15 is 0 Å². The van der Waals surface area contributed by atoms with Gasteiger partial charge >= 0.3 is 6.18 Å². The van der Waals surface area contributed by atoms with E-state index in [0.717, 1.165) is 12.1 Å². The van der Waals surface area contributed by atoms with Crippen molar-refractivity contribution in [1.82, 2.24) is 9.78 Å². The lowest BCUT2D eigenvalue weighted by Crippen LogP contribution is -2.14. The molecule has 114 valence electrons. The Hall–Kier alpha value is -1.19. The maximum absolute atomic E-state index is 12.8. The molecule has 0 aliphatic heterocycles. The molecule has 0 aliphatic carbocycles. The fourth-order valence-electron chi connectivity index (χ4n) is 1.73. The molecule has 21 heavy (non-hydrogen) atoms. The van der Waals surface area contributed by atoms with E-state index in [9.17, 15) is 17.7 Å². The number of hydrogen-bond donors (Lipinski definition) is 1. The normalized spacial score (nSPS) is 13.4. The van der Waals surface area contributed by atoms with Crippen molar-refractivity contribution < 1.29 is 17.7 Å². The predicted molar refractivity (Wildman–Crippen MR) is 77.6 cm³/mol. The number of rotatable bonds is 3. The molecule has 9 heteroatoms. The summed E-state index contributed by atoms with van der Waals surface area (Å²) < 4.78 is 52.2. The predicted octanol–water partition coefficient (Wildman–Crippen LogP) is 3.36. The second-order valence-electron chi connectivity index (χ2n) is 4.10. The first-order valence-electron chi connectivity index (χ1n) is 5.84. The van der Waals surface area contributed by atoms with E-state index in [-0.39, 0.29) is 22.2 Å². The third-order valence-corrected chi connectivity index (χ3v) is 4.74. The Bertz CT molecular complexity index is 660. The summed E-state index contributed by atoms with van der Waals surface area (Å²) in [5, 5.41) is 3.98. The molecule has 0 saturated carbocycles. The van der Waals surface area contributed by atoms with Crippen LogP contribution in [0.15, 0.2) is 33.8 Å². The highest BCUT2D eigenvalue weighted by Crippen LogP contribution is 2.34. The van der Waals surface area contributed by atoms with Gasteiger partial charge in [-0.1, -0.05) is 0 Å². The summed E-state index contributed by atoms with van der Waals surface area (Å²) in [5.41, 5.74) is 5.22. The molecule has 2 rings (SSSR count). The second-order valence-corrected chi connectivity index (χ2v) is 6.67. The van der Waals surface area contributed by atoms with E-state index in [2.05, 4.69) is 21.0 Å². The van der Waals surface area contributed by atoms with Crippen LogP contribution in [0.2, 0.25) is 0 Å². The van der Waals surface area contributed by atoms with E-state index in [1.807, 2.05) is 0 Å². The Morgan fingerprint density at radius 1 is 1.43 bits per heavy atom. The minimum Gasteiger partial charge on any atom is -0.611 e. The fraction of sp³-hybridized carbons (Fsp3) is 0.250. The number of nitrogens with two attached hydrogens (primary N) is 1. The molecule has 0 aliphatic rings. The molecule has 0 amide bonds. The summed E-state index contributed by atoms with van der Waals surface area (Å²) in [4.78, 5) is 0.0506. The number of aromatic nitrogens is 2. The average molecular weight is 382 g/mol. The minimum absolute atomic E-state index is 0.0506. The summed E-state index contributed by atoms with van der Waals surface area (Å²) in [5.74, 6) is 0.417. The summed E-state index contributed by atoms with van der Waals surface area (Å²) >= 11 is 1.60. The number of nitrogens with zero attached hydrogens (tertiary/aromatic N) is 2. The Kier molecular flexibility index (Phi) is 4.54. The van der Waals surface area contributed by atoms with E-state index < -0.39 is 22.9 Å². The van der Waals surface area contributed by atoms with Crippen LogP contribution in [-0.2, 0) is 17.4 Å². The van der Waals surface area contributed by atoms with Gasteiger partial charge in [0.15, 0.2) is 4.90 Å². The first-order chi connectivity index (χ1) is 9.75. The van der Waals surface area contributed by atoms with Gasteiger partial charge in [0.25, 0.3) is 0 Å². The van der Waals surface area contributed by atoms with E-state index in [1.165, 1.54) is 16.9 Å². The van der Waals surface area contributed by atoms with Gasteiger partial charge in [0, 0.05) is 6.07 Å². The molecule has 0 fully saturated rings. The van der Waals surface area contributed by atoms with Gasteiger partial charge in [-0.3, -0.25) is 0 Å². The molecular formula is C12H11BrF3N3OS. The number of benzene rings is 1. The molecule has 0 radical (unpaired) electrons. The monoisotopic (exact) mass is 381 g/mol. The Morgan fingerprint density at radius 2 is 2.10 bits per heavy atom. The number of nitrogen functional groups attached to an aromatic ring is 1. The van der Waals surface area contributed by atoms with Crippen molar-refractivity contribution in [2.45, 2.75) is 18.0 Å². The van der Waals surface area contributed by atoms with Gasteiger partial charge in [0.2, 0.25) is 0 Å². The lowest BCUT2D eigenvalue weighted by atomic mass is 10.2. The SMILES string of the molecule is CC[S+]([O-])c1cc(C(F)(F)F)ccc1-n1ncc(Br)c1N. The van der Waals surface area contributed by atoms with Crippen LogP contribution in [0.1, 0.15) is 12.5 Å². The molecule has 0 saturated heterocycles. The Labute approximate surface area is 130 Å². The molecule has 4 nitrogen and oxygen atoms in total. The molecule has 2 N–H and O–H groups in total. The highest BCUT2D eigenvalue weighted by molar-refractivity contribution is 9.10. The topological polar surface area (TPSA) is 66.9 Å². The van der Waals surface area contributed by atoms with E-state index in [1.54, 1.807) is 6.92 Å². The molecule has 1 heterocycles.